The van der Waals surface area contributed by atoms with E-state index in [1.165, 1.54) is 18.6 Å². The van der Waals surface area contributed by atoms with E-state index in [1.807, 2.05) is 0 Å². The number of benzene rings is 1. The second-order valence-corrected chi connectivity index (χ2v) is 6.30. The summed E-state index contributed by atoms with van der Waals surface area (Å²) < 4.78 is 39.3. The molecule has 2 nitrogen and oxygen atoms in total. The summed E-state index contributed by atoms with van der Waals surface area (Å²) in [6.45, 7) is 0.387. The van der Waals surface area contributed by atoms with Crippen LogP contribution in [0.2, 0.25) is 0 Å². The van der Waals surface area contributed by atoms with Crippen molar-refractivity contribution >= 4 is 0 Å². The minimum atomic E-state index is -4.28. The maximum Gasteiger partial charge on any atom is 0.416 e. The van der Waals surface area contributed by atoms with E-state index < -0.39 is 11.7 Å². The summed E-state index contributed by atoms with van der Waals surface area (Å²) in [4.78, 5) is 2.26. The number of fused-ring (bicyclic) bond motifs is 2. The van der Waals surface area contributed by atoms with Gasteiger partial charge in [0.05, 0.1) is 5.56 Å². The number of nitrogens with zero attached hydrogens (tertiary/aromatic N) is 1. The van der Waals surface area contributed by atoms with Crippen molar-refractivity contribution < 1.29 is 13.2 Å². The van der Waals surface area contributed by atoms with Gasteiger partial charge in [0, 0.05) is 24.7 Å². The van der Waals surface area contributed by atoms with E-state index in [0.29, 0.717) is 24.2 Å². The van der Waals surface area contributed by atoms with E-state index in [9.17, 15) is 13.2 Å². The molecule has 2 bridgehead atoms. The fraction of sp³-hybridized carbons (Fsp3) is 0.625. The summed E-state index contributed by atoms with van der Waals surface area (Å²) in [5.41, 5.74) is 5.96. The molecule has 0 saturated carbocycles. The van der Waals surface area contributed by atoms with Crippen LogP contribution in [0, 0.1) is 0 Å². The average molecular weight is 298 g/mol. The van der Waals surface area contributed by atoms with Crippen molar-refractivity contribution in [1.82, 2.24) is 4.90 Å². The normalized spacial score (nSPS) is 30.4. The molecule has 1 aromatic rings. The summed E-state index contributed by atoms with van der Waals surface area (Å²) in [5, 5.41) is 0. The molecule has 2 saturated heterocycles. The molecule has 2 aliphatic rings. The smallest absolute Gasteiger partial charge is 0.328 e. The third-order valence-electron chi connectivity index (χ3n) is 4.84. The molecule has 2 atom stereocenters. The van der Waals surface area contributed by atoms with Crippen LogP contribution in [-0.4, -0.2) is 23.0 Å². The van der Waals surface area contributed by atoms with Crippen LogP contribution in [0.15, 0.2) is 24.3 Å². The van der Waals surface area contributed by atoms with Gasteiger partial charge in [0.25, 0.3) is 0 Å². The number of nitrogens with two attached hydrogens (primary N) is 1. The van der Waals surface area contributed by atoms with Crippen LogP contribution in [0.25, 0.3) is 0 Å². The SMILES string of the molecule is NC1CC2CCCC(C1)N2Cc1ccccc1C(F)(F)F. The van der Waals surface area contributed by atoms with Gasteiger partial charge in [0.15, 0.2) is 0 Å². The van der Waals surface area contributed by atoms with Crippen molar-refractivity contribution in [3.8, 4) is 0 Å². The van der Waals surface area contributed by atoms with Crippen molar-refractivity contribution in [3.63, 3.8) is 0 Å². The zero-order valence-electron chi connectivity index (χ0n) is 11.9. The average Bonchev–Trinajstić information content (AvgIpc) is 2.39. The van der Waals surface area contributed by atoms with Gasteiger partial charge in [-0.15, -0.1) is 0 Å². The van der Waals surface area contributed by atoms with Gasteiger partial charge in [-0.05, 0) is 37.3 Å². The fourth-order valence-corrected chi connectivity index (χ4v) is 3.91. The molecule has 2 heterocycles. The van der Waals surface area contributed by atoms with Crippen LogP contribution >= 0.6 is 0 Å². The molecule has 0 amide bonds. The molecule has 0 aliphatic carbocycles. The Hall–Kier alpha value is -1.07. The van der Waals surface area contributed by atoms with Crippen molar-refractivity contribution in [2.75, 3.05) is 0 Å². The monoisotopic (exact) mass is 298 g/mol. The zero-order valence-corrected chi connectivity index (χ0v) is 11.9. The predicted octanol–water partition coefficient (Wildman–Crippen LogP) is 3.55. The summed E-state index contributed by atoms with van der Waals surface area (Å²) in [7, 11) is 0. The van der Waals surface area contributed by atoms with Crippen molar-refractivity contribution in [1.29, 1.82) is 0 Å². The van der Waals surface area contributed by atoms with Crippen LogP contribution in [0.4, 0.5) is 13.2 Å². The summed E-state index contributed by atoms with van der Waals surface area (Å²) in [6.07, 6.45) is 0.809. The number of piperidine rings is 2. The lowest BCUT2D eigenvalue weighted by Crippen LogP contribution is -2.54. The number of hydrogen-bond donors (Lipinski definition) is 1. The van der Waals surface area contributed by atoms with E-state index >= 15 is 0 Å². The molecule has 2 N–H and O–H groups in total. The Bertz CT molecular complexity index is 487. The minimum Gasteiger partial charge on any atom is -0.328 e. The number of rotatable bonds is 2. The van der Waals surface area contributed by atoms with Gasteiger partial charge in [0.2, 0.25) is 0 Å². The Morgan fingerprint density at radius 1 is 1.10 bits per heavy atom. The molecule has 2 fully saturated rings. The number of hydrogen-bond acceptors (Lipinski definition) is 2. The van der Waals surface area contributed by atoms with Gasteiger partial charge in [-0.1, -0.05) is 24.6 Å². The Labute approximate surface area is 123 Å². The largest absolute Gasteiger partial charge is 0.416 e. The third kappa shape index (κ3) is 3.09. The van der Waals surface area contributed by atoms with Gasteiger partial charge in [-0.2, -0.15) is 13.2 Å². The highest BCUT2D eigenvalue weighted by Gasteiger charge is 2.39. The van der Waals surface area contributed by atoms with Crippen LogP contribution in [0.5, 0.6) is 0 Å². The van der Waals surface area contributed by atoms with Gasteiger partial charge < -0.3 is 5.73 Å². The van der Waals surface area contributed by atoms with E-state index in [1.54, 1.807) is 12.1 Å². The highest BCUT2D eigenvalue weighted by Crippen LogP contribution is 2.37. The van der Waals surface area contributed by atoms with Crippen LogP contribution in [-0.2, 0) is 12.7 Å². The first-order valence-corrected chi connectivity index (χ1v) is 7.61. The predicted molar refractivity (Wildman–Crippen MR) is 75.6 cm³/mol. The highest BCUT2D eigenvalue weighted by atomic mass is 19.4. The zero-order chi connectivity index (χ0) is 15.0. The van der Waals surface area contributed by atoms with Crippen LogP contribution < -0.4 is 5.73 Å². The Morgan fingerprint density at radius 3 is 2.33 bits per heavy atom. The molecule has 2 aliphatic heterocycles. The molecule has 0 spiro atoms. The number of halogens is 3. The summed E-state index contributed by atoms with van der Waals surface area (Å²) >= 11 is 0. The molecule has 0 radical (unpaired) electrons. The Morgan fingerprint density at radius 2 is 1.71 bits per heavy atom. The van der Waals surface area contributed by atoms with Crippen molar-refractivity contribution in [2.45, 2.75) is 63.0 Å². The molecule has 0 aromatic heterocycles. The molecule has 3 rings (SSSR count). The van der Waals surface area contributed by atoms with Gasteiger partial charge in [-0.3, -0.25) is 4.90 Å². The lowest BCUT2D eigenvalue weighted by molar-refractivity contribution is -0.138. The van der Waals surface area contributed by atoms with E-state index in [-0.39, 0.29) is 6.04 Å². The minimum absolute atomic E-state index is 0.203. The summed E-state index contributed by atoms with van der Waals surface area (Å²) in [5.74, 6) is 0. The topological polar surface area (TPSA) is 29.3 Å². The second kappa shape index (κ2) is 5.61. The molecule has 116 valence electrons. The van der Waals surface area contributed by atoms with E-state index in [2.05, 4.69) is 4.90 Å². The van der Waals surface area contributed by atoms with Gasteiger partial charge in [-0.25, -0.2) is 0 Å². The molecular formula is C16H21F3N2. The molecule has 21 heavy (non-hydrogen) atoms. The van der Waals surface area contributed by atoms with Gasteiger partial charge in [0.1, 0.15) is 0 Å². The van der Waals surface area contributed by atoms with Gasteiger partial charge >= 0.3 is 6.18 Å². The lowest BCUT2D eigenvalue weighted by Gasteiger charge is -2.48. The first kappa shape index (κ1) is 14.9. The standard InChI is InChI=1S/C16H21F3N2/c17-16(18,19)15-7-2-1-4-11(15)10-21-13-5-3-6-14(21)9-12(20)8-13/h1-2,4,7,12-14H,3,5-6,8-10,20H2. The fourth-order valence-electron chi connectivity index (χ4n) is 3.91. The third-order valence-corrected chi connectivity index (χ3v) is 4.84. The first-order chi connectivity index (χ1) is 9.95. The second-order valence-electron chi connectivity index (χ2n) is 6.30. The first-order valence-electron chi connectivity index (χ1n) is 7.61. The molecule has 2 unspecified atom stereocenters. The molecule has 1 aromatic carbocycles. The van der Waals surface area contributed by atoms with Crippen LogP contribution in [0.3, 0.4) is 0 Å². The van der Waals surface area contributed by atoms with E-state index in [0.717, 1.165) is 25.7 Å². The summed E-state index contributed by atoms with van der Waals surface area (Å²) in [6, 6.07) is 6.82. The number of alkyl halides is 3. The molecule has 5 heteroatoms. The maximum absolute atomic E-state index is 13.1. The van der Waals surface area contributed by atoms with Crippen molar-refractivity contribution in [2.24, 2.45) is 5.73 Å². The van der Waals surface area contributed by atoms with Crippen molar-refractivity contribution in [3.05, 3.63) is 35.4 Å². The Balaban J connectivity index is 1.84. The van der Waals surface area contributed by atoms with Crippen LogP contribution in [0.1, 0.15) is 43.2 Å². The highest BCUT2D eigenvalue weighted by molar-refractivity contribution is 5.29. The quantitative estimate of drug-likeness (QED) is 0.904. The molecular weight excluding hydrogens is 277 g/mol. The Kier molecular flexibility index (Phi) is 3.97. The van der Waals surface area contributed by atoms with E-state index in [4.69, 9.17) is 5.73 Å². The lowest BCUT2D eigenvalue weighted by atomic mass is 9.81. The maximum atomic E-state index is 13.1.